The van der Waals surface area contributed by atoms with Crippen LogP contribution >= 0.6 is 0 Å². The summed E-state index contributed by atoms with van der Waals surface area (Å²) in [5.41, 5.74) is 2.46. The molecule has 1 aliphatic rings. The van der Waals surface area contributed by atoms with E-state index in [4.69, 9.17) is 0 Å². The molecular weight excluding hydrogens is 335 g/mol. The van der Waals surface area contributed by atoms with Gasteiger partial charge in [-0.3, -0.25) is 4.98 Å². The lowest BCUT2D eigenvalue weighted by Gasteiger charge is -2.22. The van der Waals surface area contributed by atoms with Crippen molar-refractivity contribution in [1.82, 2.24) is 10.3 Å². The first-order valence-corrected chi connectivity index (χ1v) is 7.60. The second-order valence-corrected chi connectivity index (χ2v) is 5.75. The van der Waals surface area contributed by atoms with Gasteiger partial charge in [-0.05, 0) is 28.8 Å². The maximum Gasteiger partial charge on any atom is 0.458 e. The lowest BCUT2D eigenvalue weighted by molar-refractivity contribution is -0.355. The van der Waals surface area contributed by atoms with E-state index in [1.54, 1.807) is 30.6 Å². The highest BCUT2D eigenvalue weighted by atomic mass is 19.4. The van der Waals surface area contributed by atoms with Crippen molar-refractivity contribution in [2.24, 2.45) is 5.16 Å². The van der Waals surface area contributed by atoms with Gasteiger partial charge in [0.05, 0.1) is 12.1 Å². The standard InChI is InChI=1S/C17H16F3N3O2/c18-17(19,20)16(24)8-15(23-25-16)14-5-1-3-12(7-14)9-22-11-13-4-2-6-21-10-13/h1-7,10,22,24H,8-9,11H2. The Kier molecular flexibility index (Phi) is 4.73. The molecule has 1 aromatic heterocycles. The molecule has 1 atom stereocenters. The number of aliphatic hydroxyl groups is 1. The average molecular weight is 351 g/mol. The predicted octanol–water partition coefficient (Wildman–Crippen LogP) is 2.75. The number of halogens is 3. The SMILES string of the molecule is OC1(C(F)(F)F)CC(c2cccc(CNCc3cccnc3)c2)=NO1. The van der Waals surface area contributed by atoms with Gasteiger partial charge in [0, 0.05) is 25.5 Å². The third-order valence-corrected chi connectivity index (χ3v) is 3.80. The van der Waals surface area contributed by atoms with Gasteiger partial charge in [0.25, 0.3) is 0 Å². The molecule has 0 saturated carbocycles. The van der Waals surface area contributed by atoms with E-state index in [2.05, 4.69) is 20.3 Å². The molecular formula is C17H16F3N3O2. The summed E-state index contributed by atoms with van der Waals surface area (Å²) in [6, 6.07) is 10.7. The quantitative estimate of drug-likeness (QED) is 0.869. The van der Waals surface area contributed by atoms with Gasteiger partial charge in [-0.15, -0.1) is 0 Å². The van der Waals surface area contributed by atoms with Gasteiger partial charge in [-0.25, -0.2) is 0 Å². The minimum absolute atomic E-state index is 0.0638. The van der Waals surface area contributed by atoms with Crippen molar-refractivity contribution < 1.29 is 23.1 Å². The Hall–Kier alpha value is -2.45. The summed E-state index contributed by atoms with van der Waals surface area (Å²) in [7, 11) is 0. The fraction of sp³-hybridized carbons (Fsp3) is 0.294. The molecule has 3 rings (SSSR count). The zero-order chi connectivity index (χ0) is 17.9. The number of benzene rings is 1. The van der Waals surface area contributed by atoms with E-state index in [0.717, 1.165) is 11.1 Å². The van der Waals surface area contributed by atoms with Crippen molar-refractivity contribution in [1.29, 1.82) is 0 Å². The van der Waals surface area contributed by atoms with Crippen molar-refractivity contribution in [2.75, 3.05) is 0 Å². The maximum absolute atomic E-state index is 12.8. The smallest absolute Gasteiger partial charge is 0.350 e. The molecule has 0 bridgehead atoms. The van der Waals surface area contributed by atoms with Crippen molar-refractivity contribution in [2.45, 2.75) is 31.5 Å². The molecule has 0 saturated heterocycles. The largest absolute Gasteiger partial charge is 0.458 e. The molecule has 1 aromatic carbocycles. The predicted molar refractivity (Wildman–Crippen MR) is 84.5 cm³/mol. The number of rotatable bonds is 5. The number of hydrogen-bond acceptors (Lipinski definition) is 5. The third kappa shape index (κ3) is 3.97. The van der Waals surface area contributed by atoms with Crippen LogP contribution in [0.1, 0.15) is 23.1 Å². The van der Waals surface area contributed by atoms with Crippen LogP contribution in [0, 0.1) is 0 Å². The summed E-state index contributed by atoms with van der Waals surface area (Å²) in [5, 5.41) is 16.2. The van der Waals surface area contributed by atoms with E-state index in [-0.39, 0.29) is 5.71 Å². The number of nitrogens with one attached hydrogen (secondary N) is 1. The zero-order valence-electron chi connectivity index (χ0n) is 13.1. The normalized spacial score (nSPS) is 20.2. The van der Waals surface area contributed by atoms with Crippen molar-refractivity contribution >= 4 is 5.71 Å². The van der Waals surface area contributed by atoms with E-state index in [0.29, 0.717) is 18.7 Å². The molecule has 2 N–H and O–H groups in total. The van der Waals surface area contributed by atoms with Gasteiger partial charge < -0.3 is 15.3 Å². The minimum Gasteiger partial charge on any atom is -0.350 e. The minimum atomic E-state index is -4.90. The average Bonchev–Trinajstić information content (AvgIpc) is 3.00. The van der Waals surface area contributed by atoms with E-state index in [1.165, 1.54) is 0 Å². The molecule has 0 fully saturated rings. The van der Waals surface area contributed by atoms with Crippen LogP contribution in [-0.2, 0) is 17.9 Å². The fourth-order valence-electron chi connectivity index (χ4n) is 2.44. The lowest BCUT2D eigenvalue weighted by atomic mass is 10.0. The van der Waals surface area contributed by atoms with Gasteiger partial charge in [-0.1, -0.05) is 29.4 Å². The van der Waals surface area contributed by atoms with E-state index in [9.17, 15) is 18.3 Å². The molecule has 2 aromatic rings. The molecule has 8 heteroatoms. The third-order valence-electron chi connectivity index (χ3n) is 3.80. The van der Waals surface area contributed by atoms with Crippen molar-refractivity contribution in [3.05, 3.63) is 65.5 Å². The summed E-state index contributed by atoms with van der Waals surface area (Å²) in [6.07, 6.45) is -2.18. The number of oxime groups is 1. The van der Waals surface area contributed by atoms with Crippen LogP contribution in [0.3, 0.4) is 0 Å². The summed E-state index contributed by atoms with van der Waals surface area (Å²) < 4.78 is 38.3. The first-order valence-electron chi connectivity index (χ1n) is 7.60. The van der Waals surface area contributed by atoms with Gasteiger partial charge in [0.15, 0.2) is 0 Å². The van der Waals surface area contributed by atoms with Crippen LogP contribution in [0.15, 0.2) is 53.9 Å². The first kappa shape index (κ1) is 17.4. The van der Waals surface area contributed by atoms with Gasteiger partial charge in [-0.2, -0.15) is 13.2 Å². The van der Waals surface area contributed by atoms with Crippen LogP contribution in [0.4, 0.5) is 13.2 Å². The van der Waals surface area contributed by atoms with Gasteiger partial charge >= 0.3 is 12.0 Å². The molecule has 0 aliphatic carbocycles. The molecule has 5 nitrogen and oxygen atoms in total. The highest BCUT2D eigenvalue weighted by Gasteiger charge is 2.60. The summed E-state index contributed by atoms with van der Waals surface area (Å²) >= 11 is 0. The van der Waals surface area contributed by atoms with Crippen LogP contribution in [-0.4, -0.2) is 27.8 Å². The molecule has 25 heavy (non-hydrogen) atoms. The Labute approximate surface area is 142 Å². The second kappa shape index (κ2) is 6.81. The summed E-state index contributed by atoms with van der Waals surface area (Å²) in [5.74, 6) is -3.25. The number of pyridine rings is 1. The Balaban J connectivity index is 1.62. The molecule has 0 radical (unpaired) electrons. The highest BCUT2D eigenvalue weighted by Crippen LogP contribution is 2.38. The molecule has 1 aliphatic heterocycles. The van der Waals surface area contributed by atoms with Crippen molar-refractivity contribution in [3.8, 4) is 0 Å². The van der Waals surface area contributed by atoms with E-state index in [1.807, 2.05) is 18.2 Å². The Bertz CT molecular complexity index is 765. The maximum atomic E-state index is 12.8. The monoisotopic (exact) mass is 351 g/mol. The van der Waals surface area contributed by atoms with Crippen LogP contribution in [0.25, 0.3) is 0 Å². The van der Waals surface area contributed by atoms with Crippen LogP contribution in [0.5, 0.6) is 0 Å². The second-order valence-electron chi connectivity index (χ2n) is 5.75. The molecule has 1 unspecified atom stereocenters. The number of alkyl halides is 3. The lowest BCUT2D eigenvalue weighted by Crippen LogP contribution is -2.45. The van der Waals surface area contributed by atoms with Crippen LogP contribution in [0.2, 0.25) is 0 Å². The Morgan fingerprint density at radius 1 is 1.16 bits per heavy atom. The number of nitrogens with zero attached hydrogens (tertiary/aromatic N) is 2. The first-order chi connectivity index (χ1) is 11.9. The fourth-order valence-corrected chi connectivity index (χ4v) is 2.44. The molecule has 2 heterocycles. The van der Waals surface area contributed by atoms with E-state index >= 15 is 0 Å². The van der Waals surface area contributed by atoms with Gasteiger partial charge in [0.1, 0.15) is 0 Å². The number of aromatic nitrogens is 1. The Morgan fingerprint density at radius 2 is 1.92 bits per heavy atom. The van der Waals surface area contributed by atoms with Crippen molar-refractivity contribution in [3.63, 3.8) is 0 Å². The molecule has 0 amide bonds. The number of hydrogen-bond donors (Lipinski definition) is 2. The van der Waals surface area contributed by atoms with Gasteiger partial charge in [0.2, 0.25) is 0 Å². The van der Waals surface area contributed by atoms with Crippen LogP contribution < -0.4 is 5.32 Å². The zero-order valence-corrected chi connectivity index (χ0v) is 13.1. The highest BCUT2D eigenvalue weighted by molar-refractivity contribution is 6.01. The van der Waals surface area contributed by atoms with E-state index < -0.39 is 18.4 Å². The molecule has 132 valence electrons. The Morgan fingerprint density at radius 3 is 2.60 bits per heavy atom. The summed E-state index contributed by atoms with van der Waals surface area (Å²) in [6.45, 7) is 1.15. The molecule has 0 spiro atoms. The topological polar surface area (TPSA) is 66.7 Å². The summed E-state index contributed by atoms with van der Waals surface area (Å²) in [4.78, 5) is 8.27.